The van der Waals surface area contributed by atoms with Crippen LogP contribution in [0, 0.1) is 29.3 Å². The second-order valence-corrected chi connectivity index (χ2v) is 8.16. The van der Waals surface area contributed by atoms with Gasteiger partial charge in [-0.15, -0.1) is 6.07 Å². The van der Waals surface area contributed by atoms with Gasteiger partial charge in [-0.3, -0.25) is 8.78 Å². The van der Waals surface area contributed by atoms with E-state index in [0.717, 1.165) is 0 Å². The Morgan fingerprint density at radius 3 is 1.07 bits per heavy atom. The Morgan fingerprint density at radius 2 is 0.800 bits per heavy atom. The van der Waals surface area contributed by atoms with Crippen LogP contribution in [0.4, 0.5) is 17.6 Å². The molecule has 0 amide bonds. The van der Waals surface area contributed by atoms with Gasteiger partial charge in [-0.05, 0) is 23.8 Å². The fourth-order valence-electron chi connectivity index (χ4n) is 2.63. The van der Waals surface area contributed by atoms with Crippen molar-refractivity contribution in [2.45, 2.75) is 0 Å². The van der Waals surface area contributed by atoms with E-state index >= 15 is 0 Å². The van der Waals surface area contributed by atoms with Crippen LogP contribution in [0.25, 0.3) is 0 Å². The number of hydrogen-bond donors (Lipinski definition) is 0. The van der Waals surface area contributed by atoms with Gasteiger partial charge in [0.1, 0.15) is 0 Å². The molecule has 4 aromatic rings. The summed E-state index contributed by atoms with van der Waals surface area (Å²) in [5.41, 5.74) is 0. The standard InChI is InChI=1S/C18H15P.C6HF4.Au/c1-4-10-16(11-5-1)19(17-12-6-2-7-13-17)18-14-8-3-9-15-18;7-3-1-4(8)6(10)2-5(3)9;/h1-15H;1H;/q;-1;+1. The number of benzene rings is 4. The first kappa shape index (κ1) is 24.0. The van der Waals surface area contributed by atoms with E-state index in [2.05, 4.69) is 91.0 Å². The maximum atomic E-state index is 11.9. The number of rotatable bonds is 3. The predicted octanol–water partition coefficient (Wildman–Crippen LogP) is 5.49. The topological polar surface area (TPSA) is 0 Å². The smallest absolute Gasteiger partial charge is 0.281 e. The van der Waals surface area contributed by atoms with E-state index in [9.17, 15) is 17.6 Å². The molecule has 0 saturated carbocycles. The minimum absolute atomic E-state index is 0. The van der Waals surface area contributed by atoms with Crippen LogP contribution < -0.4 is 15.9 Å². The van der Waals surface area contributed by atoms with Crippen LogP contribution in [0.2, 0.25) is 0 Å². The molecule has 0 radical (unpaired) electrons. The Bertz CT molecular complexity index is 901. The van der Waals surface area contributed by atoms with E-state index in [0.29, 0.717) is 0 Å². The maximum absolute atomic E-state index is 11.9. The number of hydrogen-bond acceptors (Lipinski definition) is 0. The van der Waals surface area contributed by atoms with E-state index in [1.807, 2.05) is 0 Å². The molecule has 0 fully saturated rings. The van der Waals surface area contributed by atoms with Gasteiger partial charge in [-0.25, -0.2) is 8.78 Å². The Morgan fingerprint density at radius 1 is 0.500 bits per heavy atom. The summed E-state index contributed by atoms with van der Waals surface area (Å²) >= 11 is 0. The summed E-state index contributed by atoms with van der Waals surface area (Å²) in [6.45, 7) is 0. The third kappa shape index (κ3) is 6.38. The molecule has 0 heterocycles. The molecule has 0 unspecified atom stereocenters. The molecule has 156 valence electrons. The second-order valence-electron chi connectivity index (χ2n) is 5.94. The average molecular weight is 608 g/mol. The van der Waals surface area contributed by atoms with Gasteiger partial charge < -0.3 is 0 Å². The van der Waals surface area contributed by atoms with Crippen molar-refractivity contribution in [3.8, 4) is 0 Å². The summed E-state index contributed by atoms with van der Waals surface area (Å²) in [6, 6.07) is 33.7. The molecule has 0 bridgehead atoms. The van der Waals surface area contributed by atoms with Gasteiger partial charge in [0.25, 0.3) is 0 Å². The van der Waals surface area contributed by atoms with Gasteiger partial charge in [0, 0.05) is 23.3 Å². The van der Waals surface area contributed by atoms with Crippen LogP contribution >= 0.6 is 7.92 Å². The predicted molar refractivity (Wildman–Crippen MR) is 110 cm³/mol. The van der Waals surface area contributed by atoms with Crippen molar-refractivity contribution in [2.75, 3.05) is 0 Å². The first-order valence-electron chi connectivity index (χ1n) is 8.74. The molecule has 0 aromatic heterocycles. The van der Waals surface area contributed by atoms with Gasteiger partial charge in [-0.2, -0.15) is 0 Å². The van der Waals surface area contributed by atoms with E-state index in [1.165, 1.54) is 22.0 Å². The zero-order valence-corrected chi connectivity index (χ0v) is 18.6. The van der Waals surface area contributed by atoms with Crippen molar-refractivity contribution in [3.63, 3.8) is 0 Å². The fourth-order valence-corrected chi connectivity index (χ4v) is 4.94. The van der Waals surface area contributed by atoms with Crippen molar-refractivity contribution in [2.24, 2.45) is 0 Å². The van der Waals surface area contributed by atoms with Crippen molar-refractivity contribution >= 4 is 23.8 Å². The normalized spacial score (nSPS) is 10.0. The number of halogens is 4. The van der Waals surface area contributed by atoms with E-state index in [-0.39, 0.29) is 28.4 Å². The SMILES string of the molecule is Fc1[c-]c(F)c(F)cc1F.[Au+].c1ccc(P(c2ccccc2)c2ccccc2)cc1. The van der Waals surface area contributed by atoms with Gasteiger partial charge in [0.15, 0.2) is 0 Å². The maximum Gasteiger partial charge on any atom is 1.00 e. The molecular formula is C24H16AuF4P. The zero-order valence-electron chi connectivity index (χ0n) is 15.5. The molecule has 30 heavy (non-hydrogen) atoms. The molecule has 0 saturated heterocycles. The molecule has 4 aromatic carbocycles. The quantitative estimate of drug-likeness (QED) is 0.0951. The average Bonchev–Trinajstić information content (AvgIpc) is 2.75. The van der Waals surface area contributed by atoms with Crippen LogP contribution in [0.15, 0.2) is 97.1 Å². The van der Waals surface area contributed by atoms with Crippen molar-refractivity contribution in [1.82, 2.24) is 0 Å². The summed E-state index contributed by atoms with van der Waals surface area (Å²) in [5, 5.41) is 4.19. The third-order valence-electron chi connectivity index (χ3n) is 3.94. The monoisotopic (exact) mass is 608 g/mol. The van der Waals surface area contributed by atoms with E-state index in [1.54, 1.807) is 0 Å². The van der Waals surface area contributed by atoms with E-state index < -0.39 is 31.2 Å². The second kappa shape index (κ2) is 11.8. The van der Waals surface area contributed by atoms with Crippen LogP contribution in [0.5, 0.6) is 0 Å². The molecule has 0 aliphatic heterocycles. The van der Waals surface area contributed by atoms with Gasteiger partial charge in [-0.1, -0.05) is 97.1 Å². The molecule has 0 spiro atoms. The summed E-state index contributed by atoms with van der Waals surface area (Å²) in [4.78, 5) is 0. The molecule has 0 aliphatic carbocycles. The molecule has 0 aliphatic rings. The summed E-state index contributed by atoms with van der Waals surface area (Å²) < 4.78 is 47.7. The Kier molecular flexibility index (Phi) is 9.48. The molecule has 0 N–H and O–H groups in total. The first-order valence-corrected chi connectivity index (χ1v) is 10.1. The van der Waals surface area contributed by atoms with Crippen molar-refractivity contribution in [3.05, 3.63) is 126 Å². The Balaban J connectivity index is 0.000000249. The zero-order chi connectivity index (χ0) is 20.6. The molecule has 0 nitrogen and oxygen atoms in total. The fraction of sp³-hybridized carbons (Fsp3) is 0. The van der Waals surface area contributed by atoms with Gasteiger partial charge in [0.2, 0.25) is 0 Å². The van der Waals surface area contributed by atoms with Gasteiger partial charge in [0.05, 0.1) is 0 Å². The van der Waals surface area contributed by atoms with Crippen LogP contribution in [0.1, 0.15) is 0 Å². The molecule has 4 rings (SSSR count). The third-order valence-corrected chi connectivity index (χ3v) is 6.38. The van der Waals surface area contributed by atoms with Gasteiger partial charge >= 0.3 is 22.4 Å². The summed E-state index contributed by atoms with van der Waals surface area (Å²) in [6.07, 6.45) is 0. The Labute approximate surface area is 189 Å². The summed E-state index contributed by atoms with van der Waals surface area (Å²) in [5.74, 6) is -5.92. The minimum Gasteiger partial charge on any atom is -0.281 e. The van der Waals surface area contributed by atoms with Crippen LogP contribution in [-0.2, 0) is 22.4 Å². The minimum atomic E-state index is -1.51. The Hall–Kier alpha value is -2.23. The first-order chi connectivity index (χ1) is 14.1. The molecule has 0 atom stereocenters. The van der Waals surface area contributed by atoms with E-state index in [4.69, 9.17) is 0 Å². The van der Waals surface area contributed by atoms with Crippen LogP contribution in [0.3, 0.4) is 0 Å². The largest absolute Gasteiger partial charge is 1.00 e. The molecular weight excluding hydrogens is 592 g/mol. The molecule has 6 heteroatoms. The summed E-state index contributed by atoms with van der Waals surface area (Å²) in [7, 11) is -0.446. The van der Waals surface area contributed by atoms with Crippen molar-refractivity contribution in [1.29, 1.82) is 0 Å². The van der Waals surface area contributed by atoms with Crippen molar-refractivity contribution < 1.29 is 39.9 Å². The van der Waals surface area contributed by atoms with Crippen LogP contribution in [-0.4, -0.2) is 0 Å².